The number of hydrogen-bond acceptors (Lipinski definition) is 3. The summed E-state index contributed by atoms with van der Waals surface area (Å²) in [6.07, 6.45) is 24.7. The first-order chi connectivity index (χ1) is 12.7. The molecule has 0 spiro atoms. The lowest BCUT2D eigenvalue weighted by molar-refractivity contribution is 0.626. The highest BCUT2D eigenvalue weighted by Crippen LogP contribution is 2.25. The van der Waals surface area contributed by atoms with Gasteiger partial charge in [0.25, 0.3) is 0 Å². The first kappa shape index (κ1) is 22.0. The van der Waals surface area contributed by atoms with E-state index in [1.807, 2.05) is 30.4 Å². The second kappa shape index (κ2) is 14.2. The number of hydrogen-bond donors (Lipinski definition) is 3. The van der Waals surface area contributed by atoms with Crippen LogP contribution in [0.3, 0.4) is 0 Å². The summed E-state index contributed by atoms with van der Waals surface area (Å²) >= 11 is 0. The van der Waals surface area contributed by atoms with Crippen LogP contribution in [-0.4, -0.2) is 17.6 Å². The van der Waals surface area contributed by atoms with Crippen LogP contribution >= 0.6 is 0 Å². The van der Waals surface area contributed by atoms with Gasteiger partial charge in [-0.25, -0.2) is 0 Å². The zero-order chi connectivity index (χ0) is 19.0. The zero-order valence-electron chi connectivity index (χ0n) is 16.3. The van der Waals surface area contributed by atoms with Gasteiger partial charge < -0.3 is 16.2 Å². The molecule has 0 aliphatic heterocycles. The predicted octanol–water partition coefficient (Wildman–Crippen LogP) is 6.97. The van der Waals surface area contributed by atoms with Gasteiger partial charge in [-0.1, -0.05) is 56.9 Å². The van der Waals surface area contributed by atoms with Crippen LogP contribution in [0, 0.1) is 16.2 Å². The SMILES string of the molecule is CCCC/C=C/C(=N)C1=C(C(=N)/C=C/C/C=C\CC=N)CCCCCC1. The van der Waals surface area contributed by atoms with E-state index in [1.54, 1.807) is 0 Å². The van der Waals surface area contributed by atoms with Gasteiger partial charge in [-0.15, -0.1) is 0 Å². The van der Waals surface area contributed by atoms with Crippen molar-refractivity contribution < 1.29 is 0 Å². The number of allylic oxidation sites excluding steroid dienone is 8. The molecule has 0 aromatic carbocycles. The molecule has 0 saturated heterocycles. The standard InChI is InChI=1S/C23H35N3/c1-2-3-4-12-17-22(25)20-15-10-7-8-11-16-21(20)23(26)18-13-6-5-9-14-19-24/h5,9,12-13,17-19,24-26H,2-4,6-8,10-11,14-16H2,1H3/b9-5-,17-12+,18-13+,21-20?,24-19?,25-22?,26-23?. The zero-order valence-corrected chi connectivity index (χ0v) is 16.3. The van der Waals surface area contributed by atoms with Gasteiger partial charge in [0, 0.05) is 0 Å². The molecule has 1 rings (SSSR count). The largest absolute Gasteiger partial charge is 0.313 e. The molecule has 0 amide bonds. The van der Waals surface area contributed by atoms with Crippen molar-refractivity contribution in [3.63, 3.8) is 0 Å². The van der Waals surface area contributed by atoms with Crippen molar-refractivity contribution in [1.29, 1.82) is 16.2 Å². The molecule has 3 nitrogen and oxygen atoms in total. The summed E-state index contributed by atoms with van der Waals surface area (Å²) in [6.45, 7) is 2.18. The van der Waals surface area contributed by atoms with E-state index in [-0.39, 0.29) is 0 Å². The summed E-state index contributed by atoms with van der Waals surface area (Å²) in [7, 11) is 0. The second-order valence-electron chi connectivity index (χ2n) is 6.79. The molecule has 1 aliphatic rings. The van der Waals surface area contributed by atoms with E-state index in [2.05, 4.69) is 13.0 Å². The van der Waals surface area contributed by atoms with Gasteiger partial charge in [0.15, 0.2) is 0 Å². The Labute approximate surface area is 159 Å². The van der Waals surface area contributed by atoms with Crippen molar-refractivity contribution in [2.45, 2.75) is 77.6 Å². The van der Waals surface area contributed by atoms with Gasteiger partial charge >= 0.3 is 0 Å². The van der Waals surface area contributed by atoms with Crippen LogP contribution in [0.25, 0.3) is 0 Å². The Bertz CT molecular complexity index is 576. The van der Waals surface area contributed by atoms with Crippen molar-refractivity contribution in [2.75, 3.05) is 0 Å². The first-order valence-corrected chi connectivity index (χ1v) is 10.1. The van der Waals surface area contributed by atoms with E-state index in [9.17, 15) is 0 Å². The minimum absolute atomic E-state index is 0.564. The normalized spacial score (nSPS) is 16.3. The van der Waals surface area contributed by atoms with Crippen molar-refractivity contribution in [3.8, 4) is 0 Å². The highest BCUT2D eigenvalue weighted by molar-refractivity contribution is 6.15. The van der Waals surface area contributed by atoms with Gasteiger partial charge in [-0.3, -0.25) is 0 Å². The minimum atomic E-state index is 0.564. The molecule has 0 atom stereocenters. The van der Waals surface area contributed by atoms with Crippen molar-refractivity contribution in [2.24, 2.45) is 0 Å². The summed E-state index contributed by atoms with van der Waals surface area (Å²) in [4.78, 5) is 0. The van der Waals surface area contributed by atoms with Crippen LogP contribution in [0.4, 0.5) is 0 Å². The summed E-state index contributed by atoms with van der Waals surface area (Å²) in [5.41, 5.74) is 3.30. The van der Waals surface area contributed by atoms with Gasteiger partial charge in [-0.05, 0) is 74.5 Å². The first-order valence-electron chi connectivity index (χ1n) is 10.1. The lowest BCUT2D eigenvalue weighted by Gasteiger charge is -2.18. The molecule has 3 heteroatoms. The highest BCUT2D eigenvalue weighted by Gasteiger charge is 2.15. The van der Waals surface area contributed by atoms with Crippen LogP contribution in [0.15, 0.2) is 47.6 Å². The molecule has 0 bridgehead atoms. The molecule has 0 unspecified atom stereocenters. The average molecular weight is 354 g/mol. The summed E-state index contributed by atoms with van der Waals surface area (Å²) in [5, 5.41) is 24.0. The van der Waals surface area contributed by atoms with Gasteiger partial charge in [-0.2, -0.15) is 0 Å². The third kappa shape index (κ3) is 8.89. The van der Waals surface area contributed by atoms with Crippen LogP contribution < -0.4 is 0 Å². The highest BCUT2D eigenvalue weighted by atomic mass is 14.5. The Morgan fingerprint density at radius 1 is 0.808 bits per heavy atom. The van der Waals surface area contributed by atoms with Crippen molar-refractivity contribution in [3.05, 3.63) is 47.6 Å². The monoisotopic (exact) mass is 353 g/mol. The number of rotatable bonds is 11. The van der Waals surface area contributed by atoms with Gasteiger partial charge in [0.1, 0.15) is 0 Å². The van der Waals surface area contributed by atoms with Crippen LogP contribution in [-0.2, 0) is 0 Å². The van der Waals surface area contributed by atoms with Gasteiger partial charge in [0.05, 0.1) is 11.4 Å². The molecule has 0 saturated carbocycles. The molecule has 0 aromatic heterocycles. The predicted molar refractivity (Wildman–Crippen MR) is 115 cm³/mol. The molecule has 0 fully saturated rings. The third-order valence-electron chi connectivity index (χ3n) is 4.60. The van der Waals surface area contributed by atoms with Crippen molar-refractivity contribution in [1.82, 2.24) is 0 Å². The summed E-state index contributed by atoms with van der Waals surface area (Å²) in [6, 6.07) is 0. The molecular formula is C23H35N3. The fourth-order valence-corrected chi connectivity index (χ4v) is 3.10. The van der Waals surface area contributed by atoms with Crippen LogP contribution in [0.1, 0.15) is 77.6 Å². The van der Waals surface area contributed by atoms with Gasteiger partial charge in [0.2, 0.25) is 0 Å². The molecule has 1 aliphatic carbocycles. The van der Waals surface area contributed by atoms with E-state index >= 15 is 0 Å². The second-order valence-corrected chi connectivity index (χ2v) is 6.79. The molecule has 0 heterocycles. The van der Waals surface area contributed by atoms with E-state index in [0.717, 1.165) is 49.7 Å². The fraction of sp³-hybridized carbons (Fsp3) is 0.522. The van der Waals surface area contributed by atoms with E-state index in [4.69, 9.17) is 16.2 Å². The fourth-order valence-electron chi connectivity index (χ4n) is 3.10. The number of nitrogens with one attached hydrogen (secondary N) is 3. The Morgan fingerprint density at radius 2 is 1.38 bits per heavy atom. The third-order valence-corrected chi connectivity index (χ3v) is 4.60. The lowest BCUT2D eigenvalue weighted by Crippen LogP contribution is -2.11. The van der Waals surface area contributed by atoms with Crippen LogP contribution in [0.5, 0.6) is 0 Å². The molecular weight excluding hydrogens is 318 g/mol. The lowest BCUT2D eigenvalue weighted by atomic mass is 9.88. The maximum Gasteiger partial charge on any atom is 0.0572 e. The molecule has 142 valence electrons. The smallest absolute Gasteiger partial charge is 0.0572 e. The number of unbranched alkanes of at least 4 members (excludes halogenated alkanes) is 2. The molecule has 26 heavy (non-hydrogen) atoms. The Kier molecular flexibility index (Phi) is 12.0. The Hall–Kier alpha value is -2.03. The minimum Gasteiger partial charge on any atom is -0.313 e. The Morgan fingerprint density at radius 3 is 1.96 bits per heavy atom. The van der Waals surface area contributed by atoms with Crippen LogP contribution in [0.2, 0.25) is 0 Å². The molecule has 3 N–H and O–H groups in total. The van der Waals surface area contributed by atoms with Crippen molar-refractivity contribution >= 4 is 17.6 Å². The van der Waals surface area contributed by atoms with E-state index in [0.29, 0.717) is 17.8 Å². The summed E-state index contributed by atoms with van der Waals surface area (Å²) in [5.74, 6) is 0. The topological polar surface area (TPSA) is 71.6 Å². The average Bonchev–Trinajstić information content (AvgIpc) is 2.61. The maximum atomic E-state index is 8.51. The molecule has 0 aromatic rings. The maximum absolute atomic E-state index is 8.51. The van der Waals surface area contributed by atoms with E-state index < -0.39 is 0 Å². The summed E-state index contributed by atoms with van der Waals surface area (Å²) < 4.78 is 0. The quantitative estimate of drug-likeness (QED) is 0.204. The molecule has 0 radical (unpaired) electrons. The Balaban J connectivity index is 2.86. The van der Waals surface area contributed by atoms with E-state index in [1.165, 1.54) is 31.9 Å².